The van der Waals surface area contributed by atoms with Crippen molar-refractivity contribution in [3.8, 4) is 0 Å². The van der Waals surface area contributed by atoms with E-state index in [0.717, 1.165) is 0 Å². The molecule has 3 heterocycles. The second-order valence-corrected chi connectivity index (χ2v) is 5.69. The van der Waals surface area contributed by atoms with Crippen LogP contribution in [-0.4, -0.2) is 48.8 Å². The van der Waals surface area contributed by atoms with Crippen LogP contribution in [0.25, 0.3) is 0 Å². The Morgan fingerprint density at radius 2 is 1.90 bits per heavy atom. The Morgan fingerprint density at radius 3 is 2.45 bits per heavy atom. The van der Waals surface area contributed by atoms with Crippen LogP contribution in [0.15, 0.2) is 12.3 Å². The fraction of sp³-hybridized carbons (Fsp3) is 0.583. The Kier molecular flexibility index (Phi) is 2.82. The van der Waals surface area contributed by atoms with Crippen LogP contribution in [0.2, 0.25) is 0 Å². The van der Waals surface area contributed by atoms with Gasteiger partial charge in [-0.1, -0.05) is 0 Å². The van der Waals surface area contributed by atoms with E-state index in [4.69, 9.17) is 5.73 Å². The SMILES string of the molecule is Nc1cnc(N2CC3(CN(CC(F)(F)F)C3)C2)c(F)c1. The lowest BCUT2D eigenvalue weighted by Gasteiger charge is -2.60. The maximum Gasteiger partial charge on any atom is 0.401 e. The molecule has 0 amide bonds. The molecule has 1 aromatic heterocycles. The maximum atomic E-state index is 13.7. The summed E-state index contributed by atoms with van der Waals surface area (Å²) in [5, 5.41) is 0. The molecule has 1 aromatic rings. The summed E-state index contributed by atoms with van der Waals surface area (Å²) in [5.74, 6) is -0.273. The van der Waals surface area contributed by atoms with Crippen molar-refractivity contribution in [2.75, 3.05) is 43.4 Å². The third-order valence-electron chi connectivity index (χ3n) is 3.72. The van der Waals surface area contributed by atoms with Gasteiger partial charge in [-0.3, -0.25) is 4.90 Å². The van der Waals surface area contributed by atoms with Gasteiger partial charge < -0.3 is 10.6 Å². The second kappa shape index (κ2) is 4.21. The predicted molar refractivity (Wildman–Crippen MR) is 65.7 cm³/mol. The van der Waals surface area contributed by atoms with E-state index in [-0.39, 0.29) is 16.9 Å². The minimum atomic E-state index is -4.16. The molecule has 0 atom stereocenters. The Balaban J connectivity index is 1.55. The fourth-order valence-corrected chi connectivity index (χ4v) is 3.06. The van der Waals surface area contributed by atoms with Gasteiger partial charge in [-0.2, -0.15) is 13.2 Å². The maximum absolute atomic E-state index is 13.7. The lowest BCUT2D eigenvalue weighted by Crippen LogP contribution is -2.73. The minimum absolute atomic E-state index is 0.138. The van der Waals surface area contributed by atoms with Gasteiger partial charge >= 0.3 is 6.18 Å². The van der Waals surface area contributed by atoms with E-state index in [1.165, 1.54) is 17.2 Å². The molecule has 110 valence electrons. The molecule has 2 aliphatic heterocycles. The standard InChI is InChI=1S/C12H14F4N4/c13-9-1-8(17)2-18-10(9)20-5-11(6-20)3-19(4-11)7-12(14,15)16/h1-2H,3-7,17H2. The number of nitrogens with two attached hydrogens (primary N) is 1. The third kappa shape index (κ3) is 2.39. The smallest absolute Gasteiger partial charge is 0.397 e. The average molecular weight is 290 g/mol. The second-order valence-electron chi connectivity index (χ2n) is 5.69. The molecule has 0 aliphatic carbocycles. The highest BCUT2D eigenvalue weighted by Gasteiger charge is 2.54. The quantitative estimate of drug-likeness (QED) is 0.838. The summed E-state index contributed by atoms with van der Waals surface area (Å²) >= 11 is 0. The van der Waals surface area contributed by atoms with Gasteiger partial charge in [0.05, 0.1) is 18.4 Å². The molecule has 2 aliphatic rings. The summed E-state index contributed by atoms with van der Waals surface area (Å²) in [6.45, 7) is 1.01. The number of likely N-dealkylation sites (tertiary alicyclic amines) is 1. The number of rotatable bonds is 2. The van der Waals surface area contributed by atoms with Crippen LogP contribution in [0.1, 0.15) is 0 Å². The highest BCUT2D eigenvalue weighted by atomic mass is 19.4. The Hall–Kier alpha value is -1.57. The van der Waals surface area contributed by atoms with Gasteiger partial charge in [0.15, 0.2) is 11.6 Å². The molecule has 0 saturated carbocycles. The number of halogens is 4. The van der Waals surface area contributed by atoms with E-state index in [9.17, 15) is 17.6 Å². The van der Waals surface area contributed by atoms with Gasteiger partial charge in [-0.15, -0.1) is 0 Å². The lowest BCUT2D eigenvalue weighted by molar-refractivity contribution is -0.172. The monoisotopic (exact) mass is 290 g/mol. The van der Waals surface area contributed by atoms with Gasteiger partial charge in [0.2, 0.25) is 0 Å². The number of pyridine rings is 1. The van der Waals surface area contributed by atoms with E-state index >= 15 is 0 Å². The molecule has 0 radical (unpaired) electrons. The molecule has 4 nitrogen and oxygen atoms in total. The summed E-state index contributed by atoms with van der Waals surface area (Å²) in [6, 6.07) is 1.20. The first-order valence-electron chi connectivity index (χ1n) is 6.21. The van der Waals surface area contributed by atoms with Crippen LogP contribution in [0.3, 0.4) is 0 Å². The number of alkyl halides is 3. The topological polar surface area (TPSA) is 45.4 Å². The molecular weight excluding hydrogens is 276 g/mol. The molecule has 8 heteroatoms. The van der Waals surface area contributed by atoms with Crippen LogP contribution in [0.4, 0.5) is 29.1 Å². The van der Waals surface area contributed by atoms with Crippen LogP contribution in [-0.2, 0) is 0 Å². The number of nitrogen functional groups attached to an aromatic ring is 1. The Labute approximate surface area is 113 Å². The first kappa shape index (κ1) is 13.4. The zero-order valence-corrected chi connectivity index (χ0v) is 10.6. The van der Waals surface area contributed by atoms with Crippen LogP contribution in [0, 0.1) is 11.2 Å². The van der Waals surface area contributed by atoms with Crippen LogP contribution >= 0.6 is 0 Å². The van der Waals surface area contributed by atoms with Gasteiger partial charge in [-0.25, -0.2) is 9.37 Å². The highest BCUT2D eigenvalue weighted by Crippen LogP contribution is 2.42. The normalized spacial score (nSPS) is 21.7. The van der Waals surface area contributed by atoms with E-state index in [1.807, 2.05) is 0 Å². The van der Waals surface area contributed by atoms with Crippen LogP contribution in [0.5, 0.6) is 0 Å². The Bertz CT molecular complexity index is 517. The average Bonchev–Trinajstić information content (AvgIpc) is 2.19. The highest BCUT2D eigenvalue weighted by molar-refractivity contribution is 5.50. The first-order chi connectivity index (χ1) is 9.26. The number of nitrogens with zero attached hydrogens (tertiary/aromatic N) is 3. The number of hydrogen-bond acceptors (Lipinski definition) is 4. The predicted octanol–water partition coefficient (Wildman–Crippen LogP) is 1.49. The van der Waals surface area contributed by atoms with Gasteiger partial charge in [-0.05, 0) is 0 Å². The van der Waals surface area contributed by atoms with Crippen molar-refractivity contribution in [2.24, 2.45) is 5.41 Å². The number of anilines is 2. The molecule has 0 aromatic carbocycles. The van der Waals surface area contributed by atoms with Crippen molar-refractivity contribution in [2.45, 2.75) is 6.18 Å². The van der Waals surface area contributed by atoms with Crippen molar-refractivity contribution in [3.63, 3.8) is 0 Å². The fourth-order valence-electron chi connectivity index (χ4n) is 3.06. The van der Waals surface area contributed by atoms with Crippen LogP contribution < -0.4 is 10.6 Å². The van der Waals surface area contributed by atoms with Gasteiger partial charge in [0, 0.05) is 37.7 Å². The Morgan fingerprint density at radius 1 is 1.25 bits per heavy atom. The zero-order valence-electron chi connectivity index (χ0n) is 10.6. The summed E-state index contributed by atoms with van der Waals surface area (Å²) < 4.78 is 50.3. The lowest BCUT2D eigenvalue weighted by atomic mass is 9.73. The van der Waals surface area contributed by atoms with Crippen molar-refractivity contribution in [3.05, 3.63) is 18.1 Å². The third-order valence-corrected chi connectivity index (χ3v) is 3.72. The summed E-state index contributed by atoms with van der Waals surface area (Å²) in [5.41, 5.74) is 5.53. The van der Waals surface area contributed by atoms with E-state index in [2.05, 4.69) is 4.98 Å². The molecule has 3 rings (SSSR count). The molecule has 2 saturated heterocycles. The minimum Gasteiger partial charge on any atom is -0.397 e. The molecule has 1 spiro atoms. The number of aromatic nitrogens is 1. The molecule has 0 bridgehead atoms. The van der Waals surface area contributed by atoms with Crippen molar-refractivity contribution >= 4 is 11.5 Å². The molecule has 2 N–H and O–H groups in total. The molecular formula is C12H14F4N4. The van der Waals surface area contributed by atoms with E-state index in [0.29, 0.717) is 26.2 Å². The van der Waals surface area contributed by atoms with Crippen molar-refractivity contribution in [1.82, 2.24) is 9.88 Å². The number of hydrogen-bond donors (Lipinski definition) is 1. The summed E-state index contributed by atoms with van der Waals surface area (Å²) in [4.78, 5) is 7.04. The zero-order chi connectivity index (χ0) is 14.5. The van der Waals surface area contributed by atoms with Crippen molar-refractivity contribution in [1.29, 1.82) is 0 Å². The molecule has 20 heavy (non-hydrogen) atoms. The van der Waals surface area contributed by atoms with E-state index in [1.54, 1.807) is 4.90 Å². The van der Waals surface area contributed by atoms with Crippen molar-refractivity contribution < 1.29 is 17.6 Å². The molecule has 0 unspecified atom stereocenters. The first-order valence-corrected chi connectivity index (χ1v) is 6.21. The largest absolute Gasteiger partial charge is 0.401 e. The van der Waals surface area contributed by atoms with Gasteiger partial charge in [0.1, 0.15) is 0 Å². The van der Waals surface area contributed by atoms with E-state index < -0.39 is 18.5 Å². The summed E-state index contributed by atoms with van der Waals surface area (Å²) in [6.07, 6.45) is -2.78. The van der Waals surface area contributed by atoms with Gasteiger partial charge in [0.25, 0.3) is 0 Å². The summed E-state index contributed by atoms with van der Waals surface area (Å²) in [7, 11) is 0. The molecule has 2 fully saturated rings.